The number of aromatic amines is 1. The maximum atomic E-state index is 12.5. The third kappa shape index (κ3) is 4.51. The summed E-state index contributed by atoms with van der Waals surface area (Å²) in [5.74, 6) is 1.09. The smallest absolute Gasteiger partial charge is 0.329 e. The van der Waals surface area contributed by atoms with E-state index in [2.05, 4.69) is 15.3 Å². The van der Waals surface area contributed by atoms with E-state index in [0.717, 1.165) is 12.0 Å². The number of nitrogens with one attached hydrogen (secondary N) is 2. The first-order valence-corrected chi connectivity index (χ1v) is 9.63. The summed E-state index contributed by atoms with van der Waals surface area (Å²) in [6.45, 7) is 6.12. The first kappa shape index (κ1) is 20.7. The van der Waals surface area contributed by atoms with Crippen molar-refractivity contribution >= 4 is 17.1 Å². The molecule has 3 rings (SSSR count). The Balaban J connectivity index is 1.91. The number of aromatic nitrogens is 4. The Morgan fingerprint density at radius 2 is 2.10 bits per heavy atom. The van der Waals surface area contributed by atoms with Crippen LogP contribution < -0.4 is 21.3 Å². The second kappa shape index (κ2) is 8.52. The van der Waals surface area contributed by atoms with Gasteiger partial charge >= 0.3 is 5.69 Å². The fraction of sp³-hybridized carbons (Fsp3) is 0.450. The van der Waals surface area contributed by atoms with E-state index >= 15 is 0 Å². The Labute approximate surface area is 168 Å². The zero-order chi connectivity index (χ0) is 21.1. The molecule has 0 fully saturated rings. The van der Waals surface area contributed by atoms with Crippen LogP contribution in [-0.2, 0) is 13.6 Å². The van der Waals surface area contributed by atoms with Gasteiger partial charge in [-0.15, -0.1) is 0 Å². The van der Waals surface area contributed by atoms with E-state index in [0.29, 0.717) is 11.7 Å². The van der Waals surface area contributed by atoms with Gasteiger partial charge in [-0.3, -0.25) is 14.3 Å². The monoisotopic (exact) mass is 401 g/mol. The van der Waals surface area contributed by atoms with E-state index in [1.54, 1.807) is 11.6 Å². The second-order valence-corrected chi connectivity index (χ2v) is 7.27. The summed E-state index contributed by atoms with van der Waals surface area (Å²) in [6.07, 6.45) is -0.0423. The normalized spacial score (nSPS) is 13.4. The van der Waals surface area contributed by atoms with Crippen molar-refractivity contribution in [2.45, 2.75) is 45.9 Å². The van der Waals surface area contributed by atoms with Gasteiger partial charge < -0.3 is 19.7 Å². The molecule has 0 aliphatic heterocycles. The molecule has 2 heterocycles. The van der Waals surface area contributed by atoms with E-state index in [4.69, 9.17) is 4.74 Å². The lowest BCUT2D eigenvalue weighted by atomic mass is 10.2. The molecule has 0 amide bonds. The fourth-order valence-electron chi connectivity index (χ4n) is 3.01. The van der Waals surface area contributed by atoms with Crippen LogP contribution in [0.15, 0.2) is 33.9 Å². The zero-order valence-corrected chi connectivity index (χ0v) is 17.1. The standard InChI is InChI=1S/C20H27N5O4/c1-5-13(3)21-19-22-17-16(18(27)23-20(28)24(17)4)25(19)10-14(26)11-29-15-8-6-7-12(2)9-15/h6-9,13-14,26H,5,10-11H2,1-4H3,(H,21,22)(H,23,27,28)/t13-,14+/m0/s1. The average molecular weight is 401 g/mol. The quantitative estimate of drug-likeness (QED) is 0.525. The van der Waals surface area contributed by atoms with E-state index in [1.807, 2.05) is 45.0 Å². The molecule has 2 aromatic heterocycles. The van der Waals surface area contributed by atoms with Gasteiger partial charge in [-0.2, -0.15) is 4.98 Å². The minimum Gasteiger partial charge on any atom is -0.491 e. The van der Waals surface area contributed by atoms with Gasteiger partial charge in [-0.25, -0.2) is 4.79 Å². The van der Waals surface area contributed by atoms with Crippen molar-refractivity contribution in [1.82, 2.24) is 19.1 Å². The van der Waals surface area contributed by atoms with Crippen molar-refractivity contribution < 1.29 is 9.84 Å². The van der Waals surface area contributed by atoms with Crippen molar-refractivity contribution in [2.24, 2.45) is 7.05 Å². The van der Waals surface area contributed by atoms with Crippen LogP contribution >= 0.6 is 0 Å². The molecule has 3 N–H and O–H groups in total. The van der Waals surface area contributed by atoms with Gasteiger partial charge in [-0.1, -0.05) is 19.1 Å². The first-order chi connectivity index (χ1) is 13.8. The lowest BCUT2D eigenvalue weighted by Gasteiger charge is -2.18. The summed E-state index contributed by atoms with van der Waals surface area (Å²) >= 11 is 0. The van der Waals surface area contributed by atoms with Crippen LogP contribution in [0.2, 0.25) is 0 Å². The van der Waals surface area contributed by atoms with Crippen molar-refractivity contribution in [3.63, 3.8) is 0 Å². The van der Waals surface area contributed by atoms with Gasteiger partial charge in [0.25, 0.3) is 5.56 Å². The average Bonchev–Trinajstić information content (AvgIpc) is 3.03. The van der Waals surface area contributed by atoms with E-state index in [-0.39, 0.29) is 30.4 Å². The van der Waals surface area contributed by atoms with Gasteiger partial charge in [0.2, 0.25) is 5.95 Å². The number of benzene rings is 1. The molecule has 1 aromatic carbocycles. The highest BCUT2D eigenvalue weighted by molar-refractivity contribution is 5.74. The highest BCUT2D eigenvalue weighted by Gasteiger charge is 2.20. The Hall–Kier alpha value is -3.07. The number of ether oxygens (including phenoxy) is 1. The fourth-order valence-corrected chi connectivity index (χ4v) is 3.01. The number of hydrogen-bond donors (Lipinski definition) is 3. The summed E-state index contributed by atoms with van der Waals surface area (Å²) < 4.78 is 8.56. The summed E-state index contributed by atoms with van der Waals surface area (Å²) in [5, 5.41) is 13.8. The lowest BCUT2D eigenvalue weighted by Crippen LogP contribution is -2.31. The SMILES string of the molecule is CC[C@H](C)Nc1nc2c(c(=O)[nH]c(=O)n2C)n1C[C@@H](O)COc1cccc(C)c1. The largest absolute Gasteiger partial charge is 0.491 e. The first-order valence-electron chi connectivity index (χ1n) is 9.63. The number of rotatable bonds is 8. The van der Waals surface area contributed by atoms with Crippen LogP contribution in [0.5, 0.6) is 5.75 Å². The van der Waals surface area contributed by atoms with E-state index in [1.165, 1.54) is 4.57 Å². The van der Waals surface area contributed by atoms with Crippen LogP contribution in [0.3, 0.4) is 0 Å². The second-order valence-electron chi connectivity index (χ2n) is 7.27. The maximum Gasteiger partial charge on any atom is 0.329 e. The zero-order valence-electron chi connectivity index (χ0n) is 17.1. The molecule has 0 saturated heterocycles. The minimum absolute atomic E-state index is 0.0512. The Bertz CT molecular complexity index is 1110. The van der Waals surface area contributed by atoms with Gasteiger partial charge in [0.05, 0.1) is 6.54 Å². The number of aliphatic hydroxyl groups is 1. The van der Waals surface area contributed by atoms with Gasteiger partial charge in [-0.05, 0) is 38.0 Å². The molecule has 0 aliphatic carbocycles. The highest BCUT2D eigenvalue weighted by Crippen LogP contribution is 2.18. The predicted molar refractivity (Wildman–Crippen MR) is 112 cm³/mol. The minimum atomic E-state index is -0.887. The number of anilines is 1. The number of H-pyrrole nitrogens is 1. The molecule has 0 bridgehead atoms. The van der Waals surface area contributed by atoms with Crippen LogP contribution in [0.25, 0.3) is 11.2 Å². The lowest BCUT2D eigenvalue weighted by molar-refractivity contribution is 0.0937. The molecular weight excluding hydrogens is 374 g/mol. The molecule has 29 heavy (non-hydrogen) atoms. The van der Waals surface area contributed by atoms with Crippen LogP contribution in [0.1, 0.15) is 25.8 Å². The molecule has 0 radical (unpaired) electrons. The van der Waals surface area contributed by atoms with Crippen molar-refractivity contribution in [3.05, 3.63) is 50.7 Å². The summed E-state index contributed by atoms with van der Waals surface area (Å²) in [7, 11) is 1.54. The van der Waals surface area contributed by atoms with Gasteiger partial charge in [0, 0.05) is 13.1 Å². The molecule has 156 valence electrons. The predicted octanol–water partition coefficient (Wildman–Crippen LogP) is 1.38. The van der Waals surface area contributed by atoms with Crippen LogP contribution in [-0.4, -0.2) is 43.0 Å². The maximum absolute atomic E-state index is 12.5. The van der Waals surface area contributed by atoms with Gasteiger partial charge in [0.15, 0.2) is 11.2 Å². The topological polar surface area (TPSA) is 114 Å². The third-order valence-corrected chi connectivity index (χ3v) is 4.82. The summed E-state index contributed by atoms with van der Waals surface area (Å²) in [4.78, 5) is 31.1. The van der Waals surface area contributed by atoms with Crippen molar-refractivity contribution in [2.75, 3.05) is 11.9 Å². The van der Waals surface area contributed by atoms with Gasteiger partial charge in [0.1, 0.15) is 18.5 Å². The summed E-state index contributed by atoms with van der Waals surface area (Å²) in [5.41, 5.74) is 0.471. The van der Waals surface area contributed by atoms with Crippen molar-refractivity contribution in [1.29, 1.82) is 0 Å². The van der Waals surface area contributed by atoms with Crippen molar-refractivity contribution in [3.8, 4) is 5.75 Å². The number of fused-ring (bicyclic) bond motifs is 1. The molecule has 9 nitrogen and oxygen atoms in total. The Morgan fingerprint density at radius 3 is 2.79 bits per heavy atom. The third-order valence-electron chi connectivity index (χ3n) is 4.82. The van der Waals surface area contributed by atoms with E-state index < -0.39 is 17.4 Å². The molecule has 9 heteroatoms. The number of hydrogen-bond acceptors (Lipinski definition) is 6. The van der Waals surface area contributed by atoms with Crippen LogP contribution in [0.4, 0.5) is 5.95 Å². The molecule has 0 saturated carbocycles. The number of aryl methyl sites for hydroxylation is 2. The Kier molecular flexibility index (Phi) is 6.07. The molecule has 0 aliphatic rings. The Morgan fingerprint density at radius 1 is 1.34 bits per heavy atom. The highest BCUT2D eigenvalue weighted by atomic mass is 16.5. The molecule has 2 atom stereocenters. The number of aliphatic hydroxyl groups excluding tert-OH is 1. The number of imidazole rings is 1. The summed E-state index contributed by atoms with van der Waals surface area (Å²) in [6, 6.07) is 7.65. The number of nitrogens with zero attached hydrogens (tertiary/aromatic N) is 3. The molecule has 0 unspecified atom stereocenters. The molecular formula is C20H27N5O4. The van der Waals surface area contributed by atoms with E-state index in [9.17, 15) is 14.7 Å². The van der Waals surface area contributed by atoms with Crippen LogP contribution in [0, 0.1) is 6.92 Å². The molecule has 0 spiro atoms. The molecule has 3 aromatic rings.